The molecule has 1 heterocycles. The van der Waals surface area contributed by atoms with Gasteiger partial charge in [0, 0.05) is 11.6 Å². The van der Waals surface area contributed by atoms with E-state index in [1.54, 1.807) is 0 Å². The molecule has 0 atom stereocenters. The number of rotatable bonds is 4. The van der Waals surface area contributed by atoms with Gasteiger partial charge in [-0.25, -0.2) is 9.78 Å². The molecule has 4 heteroatoms. The van der Waals surface area contributed by atoms with Crippen molar-refractivity contribution in [1.29, 1.82) is 0 Å². The number of hydrogen-bond donors (Lipinski definition) is 0. The zero-order chi connectivity index (χ0) is 20.5. The van der Waals surface area contributed by atoms with E-state index in [1.165, 1.54) is 31.1 Å². The fraction of sp³-hybridized carbons (Fsp3) is 0.231. The van der Waals surface area contributed by atoms with Gasteiger partial charge in [0.15, 0.2) is 0 Å². The van der Waals surface area contributed by atoms with E-state index >= 15 is 0 Å². The molecule has 30 heavy (non-hydrogen) atoms. The number of fused-ring (bicyclic) bond motifs is 1. The van der Waals surface area contributed by atoms with E-state index in [2.05, 4.69) is 53.1 Å². The van der Waals surface area contributed by atoms with Gasteiger partial charge in [-0.1, -0.05) is 67.4 Å². The molecule has 0 radical (unpaired) electrons. The number of carbonyl (C=O) groups is 1. The molecule has 0 N–H and O–H groups in total. The van der Waals surface area contributed by atoms with Gasteiger partial charge in [-0.15, -0.1) is 0 Å². The molecule has 0 saturated heterocycles. The molecular weight excluding hydrogens is 372 g/mol. The highest BCUT2D eigenvalue weighted by Gasteiger charge is 2.25. The van der Waals surface area contributed by atoms with Crippen LogP contribution in [0.15, 0.2) is 72.8 Å². The minimum absolute atomic E-state index is 0.335. The van der Waals surface area contributed by atoms with Crippen molar-refractivity contribution in [2.75, 3.05) is 7.11 Å². The quantitative estimate of drug-likeness (QED) is 0.382. The average molecular weight is 396 g/mol. The first-order chi connectivity index (χ1) is 14.8. The summed E-state index contributed by atoms with van der Waals surface area (Å²) in [6.07, 6.45) is 4.80. The Kier molecular flexibility index (Phi) is 4.83. The number of nitrogens with zero attached hydrogens (tertiary/aromatic N) is 2. The first-order valence-electron chi connectivity index (χ1n) is 10.5. The second kappa shape index (κ2) is 7.79. The lowest BCUT2D eigenvalue weighted by molar-refractivity contribution is 0.0601. The first kappa shape index (κ1) is 18.6. The van der Waals surface area contributed by atoms with Crippen LogP contribution in [-0.4, -0.2) is 22.6 Å². The van der Waals surface area contributed by atoms with Gasteiger partial charge in [-0.05, 0) is 42.2 Å². The van der Waals surface area contributed by atoms with Gasteiger partial charge in [0.2, 0.25) is 0 Å². The number of imidazole rings is 1. The predicted molar refractivity (Wildman–Crippen MR) is 119 cm³/mol. The minimum Gasteiger partial charge on any atom is -0.465 e. The van der Waals surface area contributed by atoms with Gasteiger partial charge in [0.1, 0.15) is 5.82 Å². The van der Waals surface area contributed by atoms with Crippen LogP contribution in [0.4, 0.5) is 0 Å². The van der Waals surface area contributed by atoms with Crippen LogP contribution in [0.25, 0.3) is 33.5 Å². The number of hydrogen-bond acceptors (Lipinski definition) is 3. The molecule has 0 unspecified atom stereocenters. The fourth-order valence-electron chi connectivity index (χ4n) is 4.61. The summed E-state index contributed by atoms with van der Waals surface area (Å²) in [4.78, 5) is 17.1. The van der Waals surface area contributed by atoms with Crippen molar-refractivity contribution in [1.82, 2.24) is 9.55 Å². The van der Waals surface area contributed by atoms with E-state index in [1.807, 2.05) is 24.3 Å². The second-order valence-corrected chi connectivity index (χ2v) is 7.85. The van der Waals surface area contributed by atoms with Crippen LogP contribution in [0.5, 0.6) is 0 Å². The maximum absolute atomic E-state index is 12.1. The van der Waals surface area contributed by atoms with Crippen LogP contribution in [0.2, 0.25) is 0 Å². The minimum atomic E-state index is -0.335. The summed E-state index contributed by atoms with van der Waals surface area (Å²) in [5, 5.41) is 0. The van der Waals surface area contributed by atoms with E-state index in [-0.39, 0.29) is 5.97 Å². The van der Waals surface area contributed by atoms with Crippen molar-refractivity contribution in [3.8, 4) is 22.5 Å². The summed E-state index contributed by atoms with van der Waals surface area (Å²) in [7, 11) is 1.41. The van der Waals surface area contributed by atoms with E-state index in [4.69, 9.17) is 9.72 Å². The van der Waals surface area contributed by atoms with Gasteiger partial charge >= 0.3 is 5.97 Å². The third kappa shape index (κ3) is 3.18. The van der Waals surface area contributed by atoms with Gasteiger partial charge < -0.3 is 9.30 Å². The van der Waals surface area contributed by atoms with E-state index in [0.29, 0.717) is 11.6 Å². The Morgan fingerprint density at radius 2 is 1.63 bits per heavy atom. The molecular formula is C26H24N2O2. The summed E-state index contributed by atoms with van der Waals surface area (Å²) in [6.45, 7) is 0. The van der Waals surface area contributed by atoms with E-state index in [0.717, 1.165) is 35.3 Å². The van der Waals surface area contributed by atoms with Crippen LogP contribution in [0, 0.1) is 0 Å². The molecule has 0 amide bonds. The average Bonchev–Trinajstić information content (AvgIpc) is 3.46. The molecule has 0 bridgehead atoms. The maximum atomic E-state index is 12.1. The molecule has 150 valence electrons. The molecule has 1 fully saturated rings. The van der Waals surface area contributed by atoms with Gasteiger partial charge in [-0.2, -0.15) is 0 Å². The zero-order valence-corrected chi connectivity index (χ0v) is 17.0. The molecule has 4 aromatic rings. The van der Waals surface area contributed by atoms with Crippen LogP contribution < -0.4 is 0 Å². The number of benzene rings is 3. The van der Waals surface area contributed by atoms with Crippen molar-refractivity contribution in [3.05, 3.63) is 78.4 Å². The van der Waals surface area contributed by atoms with Crippen molar-refractivity contribution >= 4 is 17.0 Å². The Morgan fingerprint density at radius 3 is 2.37 bits per heavy atom. The highest BCUT2D eigenvalue weighted by atomic mass is 16.5. The van der Waals surface area contributed by atoms with Crippen molar-refractivity contribution < 1.29 is 9.53 Å². The van der Waals surface area contributed by atoms with Crippen molar-refractivity contribution in [2.45, 2.75) is 31.7 Å². The Hall–Kier alpha value is -3.40. The summed E-state index contributed by atoms with van der Waals surface area (Å²) >= 11 is 0. The number of aromatic nitrogens is 2. The zero-order valence-electron chi connectivity index (χ0n) is 17.0. The lowest BCUT2D eigenvalue weighted by Gasteiger charge is -2.18. The Morgan fingerprint density at radius 1 is 0.933 bits per heavy atom. The number of carbonyl (C=O) groups excluding carboxylic acids is 1. The largest absolute Gasteiger partial charge is 0.465 e. The summed E-state index contributed by atoms with van der Waals surface area (Å²) in [5.74, 6) is 0.636. The number of ether oxygens (including phenoxy) is 1. The molecule has 1 aliphatic rings. The molecule has 0 aliphatic heterocycles. The molecule has 1 saturated carbocycles. The molecule has 1 aromatic heterocycles. The topological polar surface area (TPSA) is 44.1 Å². The fourth-order valence-corrected chi connectivity index (χ4v) is 4.61. The van der Waals surface area contributed by atoms with Crippen LogP contribution in [0.1, 0.15) is 42.1 Å². The highest BCUT2D eigenvalue weighted by Crippen LogP contribution is 2.39. The van der Waals surface area contributed by atoms with E-state index in [9.17, 15) is 4.79 Å². The molecule has 4 nitrogen and oxygen atoms in total. The second-order valence-electron chi connectivity index (χ2n) is 7.85. The normalized spacial score (nSPS) is 14.3. The first-order valence-corrected chi connectivity index (χ1v) is 10.5. The van der Waals surface area contributed by atoms with Crippen molar-refractivity contribution in [3.63, 3.8) is 0 Å². The standard InChI is InChI=1S/C26H24N2O2/c1-30-26(29)19-15-16-24-23(17-19)27-25(28(24)20-11-5-6-12-20)22-14-8-7-13-21(22)18-9-3-2-4-10-18/h2-4,7-10,13-17,20H,5-6,11-12H2,1H3. The van der Waals surface area contributed by atoms with Gasteiger partial charge in [0.25, 0.3) is 0 Å². The lowest BCUT2D eigenvalue weighted by atomic mass is 9.99. The predicted octanol–water partition coefficient (Wildman–Crippen LogP) is 6.27. The summed E-state index contributed by atoms with van der Waals surface area (Å²) < 4.78 is 7.30. The molecule has 1 aliphatic carbocycles. The number of esters is 1. The molecule has 0 spiro atoms. The van der Waals surface area contributed by atoms with Crippen LogP contribution in [-0.2, 0) is 4.74 Å². The number of methoxy groups -OCH3 is 1. The van der Waals surface area contributed by atoms with Gasteiger partial charge in [0.05, 0.1) is 23.7 Å². The highest BCUT2D eigenvalue weighted by molar-refractivity contribution is 5.95. The third-order valence-corrected chi connectivity index (χ3v) is 6.05. The lowest BCUT2D eigenvalue weighted by Crippen LogP contribution is -2.07. The Labute approximate surface area is 176 Å². The SMILES string of the molecule is COC(=O)c1ccc2c(c1)nc(-c1ccccc1-c1ccccc1)n2C1CCCC1. The van der Waals surface area contributed by atoms with Gasteiger partial charge in [-0.3, -0.25) is 0 Å². The maximum Gasteiger partial charge on any atom is 0.337 e. The van der Waals surface area contributed by atoms with Crippen LogP contribution in [0.3, 0.4) is 0 Å². The summed E-state index contributed by atoms with van der Waals surface area (Å²) in [5.41, 5.74) is 5.90. The van der Waals surface area contributed by atoms with Crippen molar-refractivity contribution in [2.24, 2.45) is 0 Å². The Balaban J connectivity index is 1.75. The van der Waals surface area contributed by atoms with E-state index < -0.39 is 0 Å². The molecule has 3 aromatic carbocycles. The van der Waals surface area contributed by atoms with Crippen LogP contribution >= 0.6 is 0 Å². The summed E-state index contributed by atoms with van der Waals surface area (Å²) in [6, 6.07) is 25.0. The Bertz CT molecular complexity index is 1200. The third-order valence-electron chi connectivity index (χ3n) is 6.05. The molecule has 5 rings (SSSR count). The monoisotopic (exact) mass is 396 g/mol. The smallest absolute Gasteiger partial charge is 0.337 e.